The minimum absolute atomic E-state index is 0.134. The van der Waals surface area contributed by atoms with Crippen molar-refractivity contribution in [3.63, 3.8) is 0 Å². The average Bonchev–Trinajstić information content (AvgIpc) is 2.52. The van der Waals surface area contributed by atoms with Crippen LogP contribution in [0.5, 0.6) is 0 Å². The molecule has 0 spiro atoms. The standard InChI is InChI=1S/C12H18N2O3/c1-5-9-7(2)14(6-10(15)13-4)8(3)11(9)12(16)17/h5-6H2,1-4H3,(H,13,15)(H,16,17). The van der Waals surface area contributed by atoms with Crippen molar-refractivity contribution in [1.82, 2.24) is 9.88 Å². The van der Waals surface area contributed by atoms with Crippen LogP contribution in [-0.2, 0) is 17.8 Å². The highest BCUT2D eigenvalue weighted by Crippen LogP contribution is 2.22. The molecule has 5 heteroatoms. The number of carboxylic acid groups (broad SMARTS) is 1. The summed E-state index contributed by atoms with van der Waals surface area (Å²) in [5.74, 6) is -1.07. The Bertz CT molecular complexity index is 461. The average molecular weight is 238 g/mol. The molecule has 0 radical (unpaired) electrons. The van der Waals surface area contributed by atoms with Gasteiger partial charge in [0.1, 0.15) is 6.54 Å². The van der Waals surface area contributed by atoms with E-state index in [1.54, 1.807) is 18.5 Å². The van der Waals surface area contributed by atoms with E-state index in [-0.39, 0.29) is 12.5 Å². The van der Waals surface area contributed by atoms with Crippen LogP contribution in [0.15, 0.2) is 0 Å². The second-order valence-corrected chi connectivity index (χ2v) is 3.94. The minimum Gasteiger partial charge on any atom is -0.478 e. The first-order valence-electron chi connectivity index (χ1n) is 5.56. The van der Waals surface area contributed by atoms with E-state index in [4.69, 9.17) is 0 Å². The van der Waals surface area contributed by atoms with Crippen molar-refractivity contribution >= 4 is 11.9 Å². The normalized spacial score (nSPS) is 10.4. The number of carbonyl (C=O) groups is 2. The third-order valence-electron chi connectivity index (χ3n) is 3.06. The molecule has 0 aromatic carbocycles. The highest BCUT2D eigenvalue weighted by molar-refractivity contribution is 5.91. The first kappa shape index (κ1) is 13.3. The smallest absolute Gasteiger partial charge is 0.337 e. The van der Waals surface area contributed by atoms with Crippen LogP contribution in [0.2, 0.25) is 0 Å². The number of likely N-dealkylation sites (N-methyl/N-ethyl adjacent to an activating group) is 1. The molecule has 0 aliphatic rings. The van der Waals surface area contributed by atoms with E-state index in [1.807, 2.05) is 13.8 Å². The molecule has 0 aliphatic carbocycles. The topological polar surface area (TPSA) is 71.3 Å². The Morgan fingerprint density at radius 3 is 2.24 bits per heavy atom. The fourth-order valence-corrected chi connectivity index (χ4v) is 2.12. The van der Waals surface area contributed by atoms with Crippen molar-refractivity contribution in [3.8, 4) is 0 Å². The fourth-order valence-electron chi connectivity index (χ4n) is 2.12. The molecule has 0 fully saturated rings. The van der Waals surface area contributed by atoms with Gasteiger partial charge in [0.05, 0.1) is 5.56 Å². The molecular weight excluding hydrogens is 220 g/mol. The highest BCUT2D eigenvalue weighted by atomic mass is 16.4. The van der Waals surface area contributed by atoms with Gasteiger partial charge in [-0.05, 0) is 25.8 Å². The number of hydrogen-bond acceptors (Lipinski definition) is 2. The maximum absolute atomic E-state index is 11.4. The fraction of sp³-hybridized carbons (Fsp3) is 0.500. The number of rotatable bonds is 4. The molecule has 2 N–H and O–H groups in total. The number of aromatic nitrogens is 1. The van der Waals surface area contributed by atoms with Crippen LogP contribution >= 0.6 is 0 Å². The molecule has 0 unspecified atom stereocenters. The quantitative estimate of drug-likeness (QED) is 0.825. The molecule has 0 saturated carbocycles. The molecule has 17 heavy (non-hydrogen) atoms. The van der Waals surface area contributed by atoms with Crippen LogP contribution in [0.1, 0.15) is 34.2 Å². The summed E-state index contributed by atoms with van der Waals surface area (Å²) in [6.07, 6.45) is 0.648. The summed E-state index contributed by atoms with van der Waals surface area (Å²) < 4.78 is 1.75. The molecule has 0 aliphatic heterocycles. The van der Waals surface area contributed by atoms with Gasteiger partial charge < -0.3 is 15.0 Å². The van der Waals surface area contributed by atoms with E-state index in [9.17, 15) is 14.7 Å². The molecule has 5 nitrogen and oxygen atoms in total. The van der Waals surface area contributed by atoms with E-state index in [2.05, 4.69) is 5.32 Å². The number of nitrogens with zero attached hydrogens (tertiary/aromatic N) is 1. The molecule has 1 aromatic heterocycles. The zero-order valence-corrected chi connectivity index (χ0v) is 10.6. The predicted octanol–water partition coefficient (Wildman–Crippen LogP) is 1.11. The predicted molar refractivity (Wildman–Crippen MR) is 64.3 cm³/mol. The molecular formula is C12H18N2O3. The van der Waals surface area contributed by atoms with E-state index in [0.29, 0.717) is 17.7 Å². The Morgan fingerprint density at radius 1 is 1.29 bits per heavy atom. The van der Waals surface area contributed by atoms with Gasteiger partial charge in [-0.2, -0.15) is 0 Å². The number of nitrogens with one attached hydrogen (secondary N) is 1. The van der Waals surface area contributed by atoms with Crippen LogP contribution < -0.4 is 5.32 Å². The van der Waals surface area contributed by atoms with Gasteiger partial charge in [-0.3, -0.25) is 4.79 Å². The zero-order chi connectivity index (χ0) is 13.2. The third kappa shape index (κ3) is 2.33. The van der Waals surface area contributed by atoms with Gasteiger partial charge in [-0.1, -0.05) is 6.92 Å². The van der Waals surface area contributed by atoms with Gasteiger partial charge in [-0.15, -0.1) is 0 Å². The Hall–Kier alpha value is -1.78. The van der Waals surface area contributed by atoms with E-state index in [0.717, 1.165) is 11.3 Å². The van der Waals surface area contributed by atoms with Crippen molar-refractivity contribution in [2.75, 3.05) is 7.05 Å². The molecule has 0 atom stereocenters. The minimum atomic E-state index is -0.932. The second-order valence-electron chi connectivity index (χ2n) is 3.94. The highest BCUT2D eigenvalue weighted by Gasteiger charge is 2.21. The Balaban J connectivity index is 3.32. The summed E-state index contributed by atoms with van der Waals surface area (Å²) in [6.45, 7) is 5.66. The van der Waals surface area contributed by atoms with Crippen LogP contribution in [0.3, 0.4) is 0 Å². The number of carboxylic acids is 1. The summed E-state index contributed by atoms with van der Waals surface area (Å²) in [7, 11) is 1.56. The molecule has 1 heterocycles. The molecule has 0 bridgehead atoms. The van der Waals surface area contributed by atoms with Gasteiger partial charge in [0, 0.05) is 18.4 Å². The van der Waals surface area contributed by atoms with Crippen molar-refractivity contribution < 1.29 is 14.7 Å². The first-order valence-corrected chi connectivity index (χ1v) is 5.56. The van der Waals surface area contributed by atoms with Crippen molar-refractivity contribution in [2.45, 2.75) is 33.7 Å². The molecule has 0 saturated heterocycles. The third-order valence-corrected chi connectivity index (χ3v) is 3.06. The summed E-state index contributed by atoms with van der Waals surface area (Å²) in [4.78, 5) is 22.6. The number of carbonyl (C=O) groups excluding carboxylic acids is 1. The molecule has 1 amide bonds. The number of amides is 1. The molecule has 1 rings (SSSR count). The van der Waals surface area contributed by atoms with E-state index < -0.39 is 5.97 Å². The van der Waals surface area contributed by atoms with Crippen LogP contribution in [0.25, 0.3) is 0 Å². The Morgan fingerprint density at radius 2 is 1.88 bits per heavy atom. The van der Waals surface area contributed by atoms with Crippen molar-refractivity contribution in [2.24, 2.45) is 0 Å². The Kier molecular flexibility index (Phi) is 3.93. The van der Waals surface area contributed by atoms with Crippen LogP contribution in [0.4, 0.5) is 0 Å². The second kappa shape index (κ2) is 5.03. The van der Waals surface area contributed by atoms with Gasteiger partial charge in [0.15, 0.2) is 0 Å². The van der Waals surface area contributed by atoms with E-state index >= 15 is 0 Å². The monoisotopic (exact) mass is 238 g/mol. The lowest BCUT2D eigenvalue weighted by Crippen LogP contribution is -2.24. The lowest BCUT2D eigenvalue weighted by Gasteiger charge is -2.08. The van der Waals surface area contributed by atoms with Crippen LogP contribution in [0, 0.1) is 13.8 Å². The van der Waals surface area contributed by atoms with Gasteiger partial charge in [0.25, 0.3) is 0 Å². The maximum atomic E-state index is 11.4. The SMILES string of the molecule is CCc1c(C(=O)O)c(C)n(CC(=O)NC)c1C. The van der Waals surface area contributed by atoms with Gasteiger partial charge in [0.2, 0.25) is 5.91 Å². The summed E-state index contributed by atoms with van der Waals surface area (Å²) >= 11 is 0. The molecule has 1 aromatic rings. The lowest BCUT2D eigenvalue weighted by atomic mass is 10.1. The Labute approximate surface area is 100 Å². The van der Waals surface area contributed by atoms with Gasteiger partial charge >= 0.3 is 5.97 Å². The largest absolute Gasteiger partial charge is 0.478 e. The maximum Gasteiger partial charge on any atom is 0.337 e. The lowest BCUT2D eigenvalue weighted by molar-refractivity contribution is -0.121. The molecule has 94 valence electrons. The summed E-state index contributed by atoms with van der Waals surface area (Å²) in [5.41, 5.74) is 2.62. The number of hydrogen-bond donors (Lipinski definition) is 2. The zero-order valence-electron chi connectivity index (χ0n) is 10.6. The van der Waals surface area contributed by atoms with Crippen molar-refractivity contribution in [1.29, 1.82) is 0 Å². The van der Waals surface area contributed by atoms with Crippen LogP contribution in [-0.4, -0.2) is 28.6 Å². The van der Waals surface area contributed by atoms with Crippen molar-refractivity contribution in [3.05, 3.63) is 22.5 Å². The van der Waals surface area contributed by atoms with Gasteiger partial charge in [-0.25, -0.2) is 4.79 Å². The number of aromatic carboxylic acids is 1. The summed E-state index contributed by atoms with van der Waals surface area (Å²) in [5, 5.41) is 11.7. The summed E-state index contributed by atoms with van der Waals surface area (Å²) in [6, 6.07) is 0. The first-order chi connectivity index (χ1) is 7.93. The van der Waals surface area contributed by atoms with E-state index in [1.165, 1.54) is 0 Å².